The van der Waals surface area contributed by atoms with Gasteiger partial charge in [-0.3, -0.25) is 19.0 Å². The predicted octanol–water partition coefficient (Wildman–Crippen LogP) is 2.50. The molecule has 11 heteroatoms. The zero-order valence-corrected chi connectivity index (χ0v) is 19.4. The highest BCUT2D eigenvalue weighted by Gasteiger charge is 2.30. The summed E-state index contributed by atoms with van der Waals surface area (Å²) in [5.41, 5.74) is 1.88. The van der Waals surface area contributed by atoms with Crippen LogP contribution in [0.25, 0.3) is 11.3 Å². The van der Waals surface area contributed by atoms with Gasteiger partial charge in [-0.25, -0.2) is 4.98 Å². The van der Waals surface area contributed by atoms with Gasteiger partial charge in [0.1, 0.15) is 0 Å². The van der Waals surface area contributed by atoms with E-state index in [1.807, 2.05) is 0 Å². The van der Waals surface area contributed by atoms with Crippen molar-refractivity contribution in [2.24, 2.45) is 5.92 Å². The molecule has 2 aliphatic carbocycles. The van der Waals surface area contributed by atoms with Crippen molar-refractivity contribution in [3.05, 3.63) is 52.7 Å². The van der Waals surface area contributed by atoms with E-state index in [4.69, 9.17) is 4.74 Å². The van der Waals surface area contributed by atoms with Gasteiger partial charge in [0.2, 0.25) is 5.91 Å². The summed E-state index contributed by atoms with van der Waals surface area (Å²) in [6.07, 6.45) is 5.24. The zero-order chi connectivity index (χ0) is 24.5. The normalized spacial score (nSPS) is 14.8. The topological polar surface area (TPSA) is 140 Å². The summed E-state index contributed by atoms with van der Waals surface area (Å²) in [5, 5.41) is 16.5. The molecule has 35 heavy (non-hydrogen) atoms. The molecule has 180 valence electrons. The SMILES string of the molecule is CNC(=O)c1nnc(NC(=O)C2CC2)cc1Nc1cccc(-c2cc(=O)n(C3CC3)cn2)c1OC. The number of nitrogens with zero attached hydrogens (tertiary/aromatic N) is 4. The molecule has 0 saturated heterocycles. The number of para-hydroxylation sites is 1. The third-order valence-corrected chi connectivity index (χ3v) is 5.98. The number of carbonyl (C=O) groups excluding carboxylic acids is 2. The van der Waals surface area contributed by atoms with E-state index >= 15 is 0 Å². The second kappa shape index (κ2) is 9.16. The van der Waals surface area contributed by atoms with Crippen molar-refractivity contribution in [2.45, 2.75) is 31.7 Å². The molecule has 3 aromatic rings. The number of benzene rings is 1. The van der Waals surface area contributed by atoms with Gasteiger partial charge in [-0.2, -0.15) is 0 Å². The fourth-order valence-corrected chi connectivity index (χ4v) is 3.79. The Morgan fingerprint density at radius 3 is 2.54 bits per heavy atom. The Labute approximate surface area is 200 Å². The number of carbonyl (C=O) groups is 2. The molecule has 0 bridgehead atoms. The summed E-state index contributed by atoms with van der Waals surface area (Å²) >= 11 is 0. The summed E-state index contributed by atoms with van der Waals surface area (Å²) in [6, 6.07) is 8.64. The minimum atomic E-state index is -0.444. The molecule has 5 rings (SSSR count). The largest absolute Gasteiger partial charge is 0.494 e. The maximum absolute atomic E-state index is 12.6. The lowest BCUT2D eigenvalue weighted by atomic mass is 10.1. The Morgan fingerprint density at radius 2 is 1.89 bits per heavy atom. The maximum atomic E-state index is 12.6. The molecule has 2 aliphatic rings. The first-order chi connectivity index (χ1) is 17.0. The lowest BCUT2D eigenvalue weighted by molar-refractivity contribution is -0.117. The van der Waals surface area contributed by atoms with Gasteiger partial charge in [0.15, 0.2) is 17.3 Å². The van der Waals surface area contributed by atoms with Crippen molar-refractivity contribution in [2.75, 3.05) is 24.8 Å². The smallest absolute Gasteiger partial charge is 0.273 e. The van der Waals surface area contributed by atoms with Gasteiger partial charge in [0.25, 0.3) is 11.5 Å². The van der Waals surface area contributed by atoms with E-state index in [0.29, 0.717) is 28.4 Å². The summed E-state index contributed by atoms with van der Waals surface area (Å²) in [6.45, 7) is 0. The third-order valence-electron chi connectivity index (χ3n) is 5.98. The van der Waals surface area contributed by atoms with Crippen LogP contribution in [0, 0.1) is 5.92 Å². The van der Waals surface area contributed by atoms with Crippen LogP contribution >= 0.6 is 0 Å². The van der Waals surface area contributed by atoms with Crippen LogP contribution in [-0.2, 0) is 4.79 Å². The fourth-order valence-electron chi connectivity index (χ4n) is 3.79. The number of hydrogen-bond donors (Lipinski definition) is 3. The van der Waals surface area contributed by atoms with Gasteiger partial charge in [-0.15, -0.1) is 10.2 Å². The molecular weight excluding hydrogens is 450 g/mol. The van der Waals surface area contributed by atoms with E-state index in [1.54, 1.807) is 35.2 Å². The van der Waals surface area contributed by atoms with E-state index in [-0.39, 0.29) is 34.9 Å². The maximum Gasteiger partial charge on any atom is 0.273 e. The second-order valence-electron chi connectivity index (χ2n) is 8.60. The van der Waals surface area contributed by atoms with Crippen molar-refractivity contribution in [3.8, 4) is 17.0 Å². The molecule has 0 spiro atoms. The number of ether oxygens (including phenoxy) is 1. The van der Waals surface area contributed by atoms with Crippen LogP contribution in [0.5, 0.6) is 5.75 Å². The molecule has 0 aliphatic heterocycles. The minimum absolute atomic E-state index is 0.00789. The minimum Gasteiger partial charge on any atom is -0.494 e. The Morgan fingerprint density at radius 1 is 1.09 bits per heavy atom. The van der Waals surface area contributed by atoms with Gasteiger partial charge >= 0.3 is 0 Å². The van der Waals surface area contributed by atoms with Crippen LogP contribution in [0.2, 0.25) is 0 Å². The van der Waals surface area contributed by atoms with Gasteiger partial charge in [0.05, 0.1) is 30.5 Å². The van der Waals surface area contributed by atoms with E-state index in [9.17, 15) is 14.4 Å². The Bertz CT molecular complexity index is 1360. The monoisotopic (exact) mass is 475 g/mol. The highest BCUT2D eigenvalue weighted by Crippen LogP contribution is 2.38. The van der Waals surface area contributed by atoms with Crippen LogP contribution in [0.1, 0.15) is 42.2 Å². The highest BCUT2D eigenvalue weighted by atomic mass is 16.5. The molecule has 2 amide bonds. The summed E-state index contributed by atoms with van der Waals surface area (Å²) in [4.78, 5) is 41.7. The number of hydrogen-bond acceptors (Lipinski definition) is 8. The first-order valence-corrected chi connectivity index (χ1v) is 11.4. The second-order valence-corrected chi connectivity index (χ2v) is 8.60. The van der Waals surface area contributed by atoms with Crippen molar-refractivity contribution in [1.29, 1.82) is 0 Å². The van der Waals surface area contributed by atoms with Crippen LogP contribution in [-0.4, -0.2) is 45.7 Å². The van der Waals surface area contributed by atoms with Crippen molar-refractivity contribution in [3.63, 3.8) is 0 Å². The molecule has 2 fully saturated rings. The zero-order valence-electron chi connectivity index (χ0n) is 19.4. The number of methoxy groups -OCH3 is 1. The summed E-state index contributed by atoms with van der Waals surface area (Å²) in [5.74, 6) is 0.0980. The first kappa shape index (κ1) is 22.5. The molecule has 11 nitrogen and oxygen atoms in total. The Balaban J connectivity index is 1.50. The van der Waals surface area contributed by atoms with Crippen LogP contribution in [0.4, 0.5) is 17.2 Å². The third kappa shape index (κ3) is 4.70. The van der Waals surface area contributed by atoms with E-state index in [2.05, 4.69) is 31.1 Å². The van der Waals surface area contributed by atoms with Gasteiger partial charge in [0, 0.05) is 36.7 Å². The lowest BCUT2D eigenvalue weighted by Gasteiger charge is -2.17. The lowest BCUT2D eigenvalue weighted by Crippen LogP contribution is -2.22. The van der Waals surface area contributed by atoms with E-state index in [1.165, 1.54) is 20.2 Å². The number of nitrogens with one attached hydrogen (secondary N) is 3. The molecule has 2 aromatic heterocycles. The number of anilines is 3. The fraction of sp³-hybridized carbons (Fsp3) is 0.333. The van der Waals surface area contributed by atoms with Gasteiger partial charge in [-0.05, 0) is 37.8 Å². The number of amides is 2. The molecule has 0 atom stereocenters. The van der Waals surface area contributed by atoms with Crippen LogP contribution < -0.4 is 26.2 Å². The molecular formula is C24H25N7O4. The van der Waals surface area contributed by atoms with E-state index in [0.717, 1.165) is 25.7 Å². The predicted molar refractivity (Wildman–Crippen MR) is 129 cm³/mol. The Hall–Kier alpha value is -4.28. The summed E-state index contributed by atoms with van der Waals surface area (Å²) in [7, 11) is 3.01. The van der Waals surface area contributed by atoms with Crippen molar-refractivity contribution < 1.29 is 14.3 Å². The average molecular weight is 476 g/mol. The number of rotatable bonds is 8. The molecule has 0 radical (unpaired) electrons. The molecule has 0 unspecified atom stereocenters. The first-order valence-electron chi connectivity index (χ1n) is 11.4. The van der Waals surface area contributed by atoms with Crippen molar-refractivity contribution >= 4 is 29.0 Å². The van der Waals surface area contributed by atoms with E-state index < -0.39 is 5.91 Å². The van der Waals surface area contributed by atoms with Crippen molar-refractivity contribution in [1.82, 2.24) is 25.1 Å². The molecule has 2 saturated carbocycles. The van der Waals surface area contributed by atoms with Gasteiger partial charge in [-0.1, -0.05) is 6.07 Å². The molecule has 3 N–H and O–H groups in total. The standard InChI is InChI=1S/C24H25N7O4/c1-25-24(34)21-18(10-19(29-30-21)28-23(33)13-6-7-13)27-16-5-3-4-15(22(16)35-2)17-11-20(32)31(12-26-17)14-8-9-14/h3-5,10-14H,6-9H2,1-2H3,(H,25,34)(H2,27,28,29,33). The quantitative estimate of drug-likeness (QED) is 0.451. The molecule has 1 aromatic carbocycles. The van der Waals surface area contributed by atoms with Gasteiger partial charge < -0.3 is 20.7 Å². The number of aromatic nitrogens is 4. The Kier molecular flexibility index (Phi) is 5.89. The summed E-state index contributed by atoms with van der Waals surface area (Å²) < 4.78 is 7.32. The van der Waals surface area contributed by atoms with Crippen LogP contribution in [0.15, 0.2) is 41.5 Å². The van der Waals surface area contributed by atoms with Crippen LogP contribution in [0.3, 0.4) is 0 Å². The average Bonchev–Trinajstić information content (AvgIpc) is 3.77. The highest BCUT2D eigenvalue weighted by molar-refractivity contribution is 6.00. The molecule has 2 heterocycles.